The van der Waals surface area contributed by atoms with Crippen molar-refractivity contribution in [3.63, 3.8) is 0 Å². The van der Waals surface area contributed by atoms with E-state index in [4.69, 9.17) is 10.5 Å². The van der Waals surface area contributed by atoms with Crippen molar-refractivity contribution in [2.75, 3.05) is 5.73 Å². The number of hydrogen-bond acceptors (Lipinski definition) is 3. The van der Waals surface area contributed by atoms with Crippen LogP contribution >= 0.6 is 31.9 Å². The topological polar surface area (TPSA) is 48.1 Å². The fourth-order valence-electron chi connectivity index (χ4n) is 1.35. The van der Waals surface area contributed by atoms with Crippen molar-refractivity contribution in [3.8, 4) is 5.75 Å². The van der Waals surface area contributed by atoms with Crippen LogP contribution in [0.4, 0.5) is 5.69 Å². The molecule has 0 aliphatic rings. The fraction of sp³-hybridized carbons (Fsp3) is 0.0833. The van der Waals surface area contributed by atoms with Crippen molar-refractivity contribution < 1.29 is 4.74 Å². The molecule has 0 aliphatic heterocycles. The van der Waals surface area contributed by atoms with Crippen molar-refractivity contribution in [3.05, 3.63) is 51.2 Å². The van der Waals surface area contributed by atoms with Crippen LogP contribution in [0, 0.1) is 0 Å². The molecule has 0 spiro atoms. The molecule has 0 unspecified atom stereocenters. The number of pyridine rings is 1. The molecular formula is C12H10Br2N2O. The number of nitrogens with two attached hydrogens (primary N) is 1. The lowest BCUT2D eigenvalue weighted by atomic mass is 10.3. The fourth-order valence-corrected chi connectivity index (χ4v) is 2.14. The maximum Gasteiger partial charge on any atom is 0.142 e. The standard InChI is InChI=1S/C12H10Br2N2O/c13-9-1-2-12(11(15)4-9)17-7-8-3-10(14)6-16-5-8/h1-6H,7,15H2. The summed E-state index contributed by atoms with van der Waals surface area (Å²) in [5.41, 5.74) is 7.44. The maximum atomic E-state index is 5.84. The van der Waals surface area contributed by atoms with Crippen molar-refractivity contribution in [1.82, 2.24) is 4.98 Å². The number of anilines is 1. The molecule has 0 saturated heterocycles. The van der Waals surface area contributed by atoms with E-state index in [-0.39, 0.29) is 0 Å². The number of ether oxygens (including phenoxy) is 1. The second-order valence-corrected chi connectivity index (χ2v) is 5.31. The lowest BCUT2D eigenvalue weighted by Crippen LogP contribution is -1.99. The van der Waals surface area contributed by atoms with Gasteiger partial charge in [-0.25, -0.2) is 0 Å². The largest absolute Gasteiger partial charge is 0.487 e. The van der Waals surface area contributed by atoms with Crippen LogP contribution in [-0.2, 0) is 6.61 Å². The number of hydrogen-bond donors (Lipinski definition) is 1. The number of aromatic nitrogens is 1. The molecule has 1 aromatic carbocycles. The predicted molar refractivity (Wildman–Crippen MR) is 74.8 cm³/mol. The molecule has 3 nitrogen and oxygen atoms in total. The van der Waals surface area contributed by atoms with E-state index in [1.807, 2.05) is 24.3 Å². The Labute approximate surface area is 116 Å². The molecule has 1 heterocycles. The van der Waals surface area contributed by atoms with Gasteiger partial charge in [0.1, 0.15) is 12.4 Å². The Bertz CT molecular complexity index is 532. The van der Waals surface area contributed by atoms with Crippen molar-refractivity contribution in [2.45, 2.75) is 6.61 Å². The van der Waals surface area contributed by atoms with Gasteiger partial charge in [0, 0.05) is 26.9 Å². The van der Waals surface area contributed by atoms with Gasteiger partial charge in [0.05, 0.1) is 5.69 Å². The van der Waals surface area contributed by atoms with Crippen LogP contribution in [-0.4, -0.2) is 4.98 Å². The highest BCUT2D eigenvalue weighted by molar-refractivity contribution is 9.10. The molecule has 88 valence electrons. The third-order valence-corrected chi connectivity index (χ3v) is 3.05. The van der Waals surface area contributed by atoms with Gasteiger partial charge in [-0.1, -0.05) is 15.9 Å². The first-order chi connectivity index (χ1) is 8.15. The van der Waals surface area contributed by atoms with E-state index < -0.39 is 0 Å². The van der Waals surface area contributed by atoms with E-state index in [0.717, 1.165) is 14.5 Å². The van der Waals surface area contributed by atoms with Crippen LogP contribution in [0.5, 0.6) is 5.75 Å². The Balaban J connectivity index is 2.07. The number of rotatable bonds is 3. The van der Waals surface area contributed by atoms with Gasteiger partial charge in [-0.3, -0.25) is 4.98 Å². The average Bonchev–Trinajstić information content (AvgIpc) is 2.28. The molecule has 0 amide bonds. The summed E-state index contributed by atoms with van der Waals surface area (Å²) in [6.07, 6.45) is 3.50. The summed E-state index contributed by atoms with van der Waals surface area (Å²) in [7, 11) is 0. The lowest BCUT2D eigenvalue weighted by Gasteiger charge is -2.09. The van der Waals surface area contributed by atoms with Crippen LogP contribution in [0.2, 0.25) is 0 Å². The second-order valence-electron chi connectivity index (χ2n) is 3.48. The Kier molecular flexibility index (Phi) is 4.02. The van der Waals surface area contributed by atoms with Crippen molar-refractivity contribution >= 4 is 37.5 Å². The highest BCUT2D eigenvalue weighted by atomic mass is 79.9. The molecule has 2 rings (SSSR count). The van der Waals surface area contributed by atoms with E-state index in [1.165, 1.54) is 0 Å². The Morgan fingerprint density at radius 1 is 1.12 bits per heavy atom. The third-order valence-electron chi connectivity index (χ3n) is 2.13. The summed E-state index contributed by atoms with van der Waals surface area (Å²) in [5, 5.41) is 0. The summed E-state index contributed by atoms with van der Waals surface area (Å²) in [5.74, 6) is 0.674. The molecule has 0 radical (unpaired) electrons. The highest BCUT2D eigenvalue weighted by Gasteiger charge is 2.02. The van der Waals surface area contributed by atoms with Gasteiger partial charge in [0.25, 0.3) is 0 Å². The minimum absolute atomic E-state index is 0.443. The maximum absolute atomic E-state index is 5.84. The molecule has 5 heteroatoms. The first-order valence-electron chi connectivity index (χ1n) is 4.92. The zero-order valence-corrected chi connectivity index (χ0v) is 12.0. The van der Waals surface area contributed by atoms with Crippen LogP contribution in [0.25, 0.3) is 0 Å². The first-order valence-corrected chi connectivity index (χ1v) is 6.51. The Hall–Kier alpha value is -1.07. The Morgan fingerprint density at radius 3 is 2.65 bits per heavy atom. The quantitative estimate of drug-likeness (QED) is 0.850. The summed E-state index contributed by atoms with van der Waals surface area (Å²) in [4.78, 5) is 4.07. The summed E-state index contributed by atoms with van der Waals surface area (Å²) >= 11 is 6.71. The zero-order valence-electron chi connectivity index (χ0n) is 8.86. The van der Waals surface area contributed by atoms with Crippen molar-refractivity contribution in [2.24, 2.45) is 0 Å². The van der Waals surface area contributed by atoms with E-state index >= 15 is 0 Å². The molecule has 2 N–H and O–H groups in total. The summed E-state index contributed by atoms with van der Waals surface area (Å²) < 4.78 is 7.50. The molecule has 0 bridgehead atoms. The molecular weight excluding hydrogens is 348 g/mol. The molecule has 0 fully saturated rings. The number of nitrogen functional groups attached to an aromatic ring is 1. The van der Waals surface area contributed by atoms with E-state index in [2.05, 4.69) is 36.8 Å². The first kappa shape index (κ1) is 12.4. The highest BCUT2D eigenvalue weighted by Crippen LogP contribution is 2.26. The van der Waals surface area contributed by atoms with Gasteiger partial charge >= 0.3 is 0 Å². The second kappa shape index (κ2) is 5.51. The van der Waals surface area contributed by atoms with Gasteiger partial charge in [-0.05, 0) is 40.2 Å². The van der Waals surface area contributed by atoms with Gasteiger partial charge in [0.2, 0.25) is 0 Å². The molecule has 0 saturated carbocycles. The SMILES string of the molecule is Nc1cc(Br)ccc1OCc1cncc(Br)c1. The average molecular weight is 358 g/mol. The van der Waals surface area contributed by atoms with Gasteiger partial charge in [0.15, 0.2) is 0 Å². The Morgan fingerprint density at radius 2 is 1.94 bits per heavy atom. The van der Waals surface area contributed by atoms with Crippen LogP contribution in [0.15, 0.2) is 45.6 Å². The van der Waals surface area contributed by atoms with Crippen molar-refractivity contribution in [1.29, 1.82) is 0 Å². The number of halogens is 2. The predicted octanol–water partition coefficient (Wildman–Crippen LogP) is 3.77. The third kappa shape index (κ3) is 3.44. The zero-order chi connectivity index (χ0) is 12.3. The molecule has 1 aromatic heterocycles. The molecule has 0 aliphatic carbocycles. The van der Waals surface area contributed by atoms with Crippen LogP contribution in [0.1, 0.15) is 5.56 Å². The van der Waals surface area contributed by atoms with Crippen LogP contribution < -0.4 is 10.5 Å². The molecule has 0 atom stereocenters. The van der Waals surface area contributed by atoms with Gasteiger partial charge < -0.3 is 10.5 Å². The summed E-state index contributed by atoms with van der Waals surface area (Å²) in [6, 6.07) is 7.51. The van der Waals surface area contributed by atoms with Gasteiger partial charge in [-0.2, -0.15) is 0 Å². The molecule has 2 aromatic rings. The number of benzene rings is 1. The van der Waals surface area contributed by atoms with E-state index in [0.29, 0.717) is 18.0 Å². The normalized spacial score (nSPS) is 10.2. The van der Waals surface area contributed by atoms with E-state index in [1.54, 1.807) is 12.4 Å². The lowest BCUT2D eigenvalue weighted by molar-refractivity contribution is 0.307. The van der Waals surface area contributed by atoms with Gasteiger partial charge in [-0.15, -0.1) is 0 Å². The number of nitrogens with zero attached hydrogens (tertiary/aromatic N) is 1. The summed E-state index contributed by atoms with van der Waals surface area (Å²) in [6.45, 7) is 0.443. The smallest absolute Gasteiger partial charge is 0.142 e. The minimum Gasteiger partial charge on any atom is -0.487 e. The van der Waals surface area contributed by atoms with Crippen LogP contribution in [0.3, 0.4) is 0 Å². The van der Waals surface area contributed by atoms with E-state index in [9.17, 15) is 0 Å². The molecule has 17 heavy (non-hydrogen) atoms. The monoisotopic (exact) mass is 356 g/mol. The minimum atomic E-state index is 0.443.